The molecule has 0 unspecified atom stereocenters. The van der Waals surface area contributed by atoms with E-state index in [1.807, 2.05) is 43.4 Å². The molecule has 0 spiro atoms. The summed E-state index contributed by atoms with van der Waals surface area (Å²) in [6, 6.07) is 9.70. The average Bonchev–Trinajstić information content (AvgIpc) is 3.11. The average molecular weight is 473 g/mol. The molecule has 5 nitrogen and oxygen atoms in total. The summed E-state index contributed by atoms with van der Waals surface area (Å²) in [6.07, 6.45) is -3.98. The first-order chi connectivity index (χ1) is 14.4. The molecule has 0 aliphatic carbocycles. The van der Waals surface area contributed by atoms with Crippen LogP contribution in [0.25, 0.3) is 0 Å². The summed E-state index contributed by atoms with van der Waals surface area (Å²) < 4.78 is 51.8. The maximum absolute atomic E-state index is 13.9. The molecule has 2 aromatic rings. The van der Waals surface area contributed by atoms with Gasteiger partial charge in [-0.15, -0.1) is 0 Å². The summed E-state index contributed by atoms with van der Waals surface area (Å²) in [4.78, 5) is 14.5. The van der Waals surface area contributed by atoms with Crippen LogP contribution in [0.5, 0.6) is 11.5 Å². The number of fused-ring (bicyclic) bond motifs is 2. The van der Waals surface area contributed by atoms with Crippen molar-refractivity contribution in [1.29, 1.82) is 0 Å². The second kappa shape index (κ2) is 6.97. The predicted molar refractivity (Wildman–Crippen MR) is 111 cm³/mol. The third-order valence-electron chi connectivity index (χ3n) is 5.36. The Morgan fingerprint density at radius 1 is 1.10 bits per heavy atom. The molecule has 0 aromatic heterocycles. The SMILES string of the molecule is CN1/C(=C/C(=O)NC2(C(F)(F)F)Oc3cc(Cl)c(Cl)cc3O2)C(C)(C)c2ccccc21. The topological polar surface area (TPSA) is 50.8 Å². The van der Waals surface area contributed by atoms with Gasteiger partial charge in [0.2, 0.25) is 0 Å². The highest BCUT2D eigenvalue weighted by molar-refractivity contribution is 6.42. The van der Waals surface area contributed by atoms with E-state index in [-0.39, 0.29) is 21.5 Å². The molecule has 0 atom stereocenters. The van der Waals surface area contributed by atoms with Crippen LogP contribution in [-0.4, -0.2) is 25.0 Å². The van der Waals surface area contributed by atoms with Crippen molar-refractivity contribution in [3.8, 4) is 11.5 Å². The van der Waals surface area contributed by atoms with Gasteiger partial charge in [0.05, 0.1) is 10.0 Å². The van der Waals surface area contributed by atoms with Crippen molar-refractivity contribution in [2.45, 2.75) is 31.3 Å². The minimum atomic E-state index is -5.10. The smallest absolute Gasteiger partial charge is 0.424 e. The Kier molecular flexibility index (Phi) is 4.86. The third-order valence-corrected chi connectivity index (χ3v) is 6.09. The molecule has 2 heterocycles. The maximum Gasteiger partial charge on any atom is 0.492 e. The number of nitrogens with zero attached hydrogens (tertiary/aromatic N) is 1. The lowest BCUT2D eigenvalue weighted by molar-refractivity contribution is -0.319. The number of amides is 1. The van der Waals surface area contributed by atoms with E-state index in [1.165, 1.54) is 0 Å². The quantitative estimate of drug-likeness (QED) is 0.593. The molecule has 0 bridgehead atoms. The first kappa shape index (κ1) is 21.6. The number of ether oxygens (including phenoxy) is 2. The standard InChI is InChI=1S/C21H17Cl2F3N2O3/c1-19(2)11-6-4-5-7-14(11)28(3)17(19)10-18(29)27-21(20(24,25)26)30-15-8-12(22)13(23)9-16(15)31-21/h4-10H,1-3H3,(H,27,29)/b17-10+. The van der Waals surface area contributed by atoms with Crippen molar-refractivity contribution >= 4 is 34.8 Å². The molecule has 2 aromatic carbocycles. The van der Waals surface area contributed by atoms with E-state index in [2.05, 4.69) is 0 Å². The van der Waals surface area contributed by atoms with Gasteiger partial charge in [0.15, 0.2) is 11.5 Å². The molecule has 0 saturated heterocycles. The molecule has 0 radical (unpaired) electrons. The lowest BCUT2D eigenvalue weighted by atomic mass is 9.84. The fourth-order valence-electron chi connectivity index (χ4n) is 3.82. The molecule has 10 heteroatoms. The van der Waals surface area contributed by atoms with E-state index < -0.39 is 23.4 Å². The molecular weight excluding hydrogens is 456 g/mol. The number of nitrogens with one attached hydrogen (secondary N) is 1. The molecule has 31 heavy (non-hydrogen) atoms. The molecule has 2 aliphatic rings. The van der Waals surface area contributed by atoms with Crippen LogP contribution in [-0.2, 0) is 10.2 Å². The minimum Gasteiger partial charge on any atom is -0.424 e. The van der Waals surface area contributed by atoms with E-state index in [4.69, 9.17) is 32.7 Å². The molecule has 1 N–H and O–H groups in total. The van der Waals surface area contributed by atoms with Crippen molar-refractivity contribution < 1.29 is 27.4 Å². The first-order valence-corrected chi connectivity index (χ1v) is 9.93. The van der Waals surface area contributed by atoms with Crippen LogP contribution in [0, 0.1) is 0 Å². The van der Waals surface area contributed by atoms with Crippen LogP contribution in [0.1, 0.15) is 19.4 Å². The number of alkyl halides is 3. The van der Waals surface area contributed by atoms with E-state index in [1.54, 1.807) is 11.9 Å². The Bertz CT molecular complexity index is 1080. The van der Waals surface area contributed by atoms with Gasteiger partial charge in [0.1, 0.15) is 0 Å². The van der Waals surface area contributed by atoms with Crippen molar-refractivity contribution in [3.63, 3.8) is 0 Å². The molecule has 0 fully saturated rings. The monoisotopic (exact) mass is 472 g/mol. The van der Waals surface area contributed by atoms with E-state index in [9.17, 15) is 18.0 Å². The van der Waals surface area contributed by atoms with Gasteiger partial charge < -0.3 is 14.4 Å². The Morgan fingerprint density at radius 2 is 1.65 bits per heavy atom. The number of hydrogen-bond donors (Lipinski definition) is 1. The molecular formula is C21H17Cl2F3N2O3. The number of hydrogen-bond acceptors (Lipinski definition) is 4. The number of allylic oxidation sites excluding steroid dienone is 1. The number of benzene rings is 2. The zero-order valence-electron chi connectivity index (χ0n) is 16.6. The van der Waals surface area contributed by atoms with E-state index in [0.717, 1.165) is 29.5 Å². The number of para-hydroxylation sites is 1. The highest BCUT2D eigenvalue weighted by atomic mass is 35.5. The van der Waals surface area contributed by atoms with Gasteiger partial charge in [-0.1, -0.05) is 55.2 Å². The Balaban J connectivity index is 1.67. The second-order valence-electron chi connectivity index (χ2n) is 7.75. The van der Waals surface area contributed by atoms with Crippen molar-refractivity contribution in [2.75, 3.05) is 11.9 Å². The molecule has 164 valence electrons. The highest BCUT2D eigenvalue weighted by Crippen LogP contribution is 2.49. The van der Waals surface area contributed by atoms with Gasteiger partial charge in [-0.25, -0.2) is 0 Å². The Labute approximate surface area is 186 Å². The normalized spacial score (nSPS) is 19.5. The van der Waals surface area contributed by atoms with E-state index in [0.29, 0.717) is 5.70 Å². The second-order valence-corrected chi connectivity index (χ2v) is 8.57. The maximum atomic E-state index is 13.9. The van der Waals surface area contributed by atoms with Crippen LogP contribution in [0.4, 0.5) is 18.9 Å². The Morgan fingerprint density at radius 3 is 2.16 bits per heavy atom. The Hall–Kier alpha value is -2.58. The number of carbonyl (C=O) groups excluding carboxylic acids is 1. The van der Waals surface area contributed by atoms with Gasteiger partial charge in [0.25, 0.3) is 5.91 Å². The van der Waals surface area contributed by atoms with Gasteiger partial charge in [-0.05, 0) is 11.6 Å². The van der Waals surface area contributed by atoms with Crippen LogP contribution < -0.4 is 19.7 Å². The summed E-state index contributed by atoms with van der Waals surface area (Å²) in [6.45, 7) is 3.77. The minimum absolute atomic E-state index is 0.0115. The number of likely N-dealkylation sites (N-methyl/N-ethyl adjacent to an activating group) is 1. The number of carbonyl (C=O) groups is 1. The molecule has 2 aliphatic heterocycles. The van der Waals surface area contributed by atoms with Crippen molar-refractivity contribution in [3.05, 3.63) is 63.8 Å². The van der Waals surface area contributed by atoms with Gasteiger partial charge in [-0.3, -0.25) is 10.1 Å². The zero-order valence-corrected chi connectivity index (χ0v) is 18.1. The lowest BCUT2D eigenvalue weighted by Gasteiger charge is -2.30. The summed E-state index contributed by atoms with van der Waals surface area (Å²) in [5.41, 5.74) is 1.73. The first-order valence-electron chi connectivity index (χ1n) is 9.17. The van der Waals surface area contributed by atoms with Gasteiger partial charge in [0, 0.05) is 42.1 Å². The summed E-state index contributed by atoms with van der Waals surface area (Å²) in [5, 5.41) is 1.81. The number of rotatable bonds is 2. The fourth-order valence-corrected chi connectivity index (χ4v) is 4.13. The molecule has 0 saturated carbocycles. The summed E-state index contributed by atoms with van der Waals surface area (Å²) in [5.74, 6) is -5.02. The lowest BCUT2D eigenvalue weighted by Crippen LogP contribution is -2.64. The number of anilines is 1. The third kappa shape index (κ3) is 3.38. The van der Waals surface area contributed by atoms with Crippen LogP contribution >= 0.6 is 23.2 Å². The molecule has 4 rings (SSSR count). The van der Waals surface area contributed by atoms with Crippen molar-refractivity contribution in [2.24, 2.45) is 0 Å². The highest BCUT2D eigenvalue weighted by Gasteiger charge is 2.65. The predicted octanol–water partition coefficient (Wildman–Crippen LogP) is 5.41. The largest absolute Gasteiger partial charge is 0.492 e. The van der Waals surface area contributed by atoms with Gasteiger partial charge in [-0.2, -0.15) is 13.2 Å². The summed E-state index contributed by atoms with van der Waals surface area (Å²) >= 11 is 11.7. The number of halogens is 5. The van der Waals surface area contributed by atoms with Crippen LogP contribution in [0.3, 0.4) is 0 Å². The van der Waals surface area contributed by atoms with Crippen LogP contribution in [0.2, 0.25) is 10.0 Å². The van der Waals surface area contributed by atoms with E-state index >= 15 is 0 Å². The van der Waals surface area contributed by atoms with Gasteiger partial charge >= 0.3 is 12.1 Å². The summed E-state index contributed by atoms with van der Waals surface area (Å²) in [7, 11) is 1.74. The fraction of sp³-hybridized carbons (Fsp3) is 0.286. The van der Waals surface area contributed by atoms with Crippen LogP contribution in [0.15, 0.2) is 48.2 Å². The molecule has 1 amide bonds. The zero-order chi connectivity index (χ0) is 22.8. The van der Waals surface area contributed by atoms with Crippen molar-refractivity contribution in [1.82, 2.24) is 5.32 Å².